The number of aromatic nitrogens is 2. The van der Waals surface area contributed by atoms with Gasteiger partial charge in [0.05, 0.1) is 15.2 Å². The van der Waals surface area contributed by atoms with Gasteiger partial charge in [0.2, 0.25) is 0 Å². The van der Waals surface area contributed by atoms with Crippen LogP contribution in [0.3, 0.4) is 0 Å². The molecule has 2 aromatic heterocycles. The second kappa shape index (κ2) is 3.31. The van der Waals surface area contributed by atoms with Crippen molar-refractivity contribution in [1.82, 2.24) is 10.1 Å². The Morgan fingerprint density at radius 2 is 2.19 bits per heavy atom. The van der Waals surface area contributed by atoms with Crippen LogP contribution in [0.2, 0.25) is 0 Å². The van der Waals surface area contributed by atoms with Gasteiger partial charge in [0, 0.05) is 11.6 Å². The van der Waals surface area contributed by atoms with E-state index >= 15 is 0 Å². The molecule has 3 rings (SSSR count). The third-order valence-corrected chi connectivity index (χ3v) is 3.26. The molecule has 80 valence electrons. The second-order valence-electron chi connectivity index (χ2n) is 3.53. The maximum absolute atomic E-state index is 5.51. The van der Waals surface area contributed by atoms with Crippen LogP contribution in [0.4, 0.5) is 5.82 Å². The first-order chi connectivity index (χ1) is 7.72. The van der Waals surface area contributed by atoms with Crippen LogP contribution in [0, 0.1) is 6.92 Å². The van der Waals surface area contributed by atoms with Crippen molar-refractivity contribution in [3.05, 3.63) is 29.3 Å². The molecule has 1 aromatic carbocycles. The molecule has 5 heteroatoms. The Labute approximate surface area is 95.7 Å². The van der Waals surface area contributed by atoms with Gasteiger partial charge in [0.25, 0.3) is 0 Å². The Hall–Kier alpha value is -1.88. The van der Waals surface area contributed by atoms with Gasteiger partial charge in [0.1, 0.15) is 0 Å². The Kier molecular flexibility index (Phi) is 1.94. The SMILES string of the molecule is Cc1nc2cc(-c3cc(N)no3)ccc2s1. The number of rotatable bonds is 1. The van der Waals surface area contributed by atoms with E-state index in [1.807, 2.05) is 25.1 Å². The number of benzene rings is 1. The molecule has 0 aliphatic carbocycles. The lowest BCUT2D eigenvalue weighted by Crippen LogP contribution is -1.80. The monoisotopic (exact) mass is 231 g/mol. The van der Waals surface area contributed by atoms with Gasteiger partial charge in [-0.3, -0.25) is 0 Å². The molecule has 0 unspecified atom stereocenters. The third-order valence-electron chi connectivity index (χ3n) is 2.31. The molecule has 0 bridgehead atoms. The average Bonchev–Trinajstić information content (AvgIpc) is 2.81. The summed E-state index contributed by atoms with van der Waals surface area (Å²) in [6.45, 7) is 2.00. The van der Waals surface area contributed by atoms with Gasteiger partial charge in [-0.1, -0.05) is 5.16 Å². The van der Waals surface area contributed by atoms with Crippen LogP contribution in [-0.2, 0) is 0 Å². The molecule has 0 fully saturated rings. The predicted molar refractivity (Wildman–Crippen MR) is 64.3 cm³/mol. The van der Waals surface area contributed by atoms with Crippen molar-refractivity contribution in [2.45, 2.75) is 6.92 Å². The maximum Gasteiger partial charge on any atom is 0.169 e. The molecule has 0 atom stereocenters. The number of hydrogen-bond donors (Lipinski definition) is 1. The summed E-state index contributed by atoms with van der Waals surface area (Å²) in [5.74, 6) is 1.06. The zero-order chi connectivity index (χ0) is 11.1. The van der Waals surface area contributed by atoms with Crippen LogP contribution in [0.15, 0.2) is 28.8 Å². The summed E-state index contributed by atoms with van der Waals surface area (Å²) in [6, 6.07) is 7.72. The molecule has 2 N–H and O–H groups in total. The molecule has 0 aliphatic rings. The number of hydrogen-bond acceptors (Lipinski definition) is 5. The summed E-state index contributed by atoms with van der Waals surface area (Å²) >= 11 is 1.68. The summed E-state index contributed by atoms with van der Waals surface area (Å²) in [6.07, 6.45) is 0. The minimum Gasteiger partial charge on any atom is -0.381 e. The molecular formula is C11H9N3OS. The average molecular weight is 231 g/mol. The van der Waals surface area contributed by atoms with Gasteiger partial charge in [-0.2, -0.15) is 0 Å². The van der Waals surface area contributed by atoms with E-state index < -0.39 is 0 Å². The highest BCUT2D eigenvalue weighted by Gasteiger charge is 2.07. The summed E-state index contributed by atoms with van der Waals surface area (Å²) in [7, 11) is 0. The molecule has 2 heterocycles. The number of aryl methyl sites for hydroxylation is 1. The Balaban J connectivity index is 2.17. The topological polar surface area (TPSA) is 64.9 Å². The lowest BCUT2D eigenvalue weighted by Gasteiger charge is -1.94. The minimum atomic E-state index is 0.393. The zero-order valence-electron chi connectivity index (χ0n) is 8.60. The van der Waals surface area contributed by atoms with Crippen LogP contribution >= 0.6 is 11.3 Å². The number of anilines is 1. The molecule has 16 heavy (non-hydrogen) atoms. The highest BCUT2D eigenvalue weighted by atomic mass is 32.1. The number of thiazole rings is 1. The molecule has 4 nitrogen and oxygen atoms in total. The smallest absolute Gasteiger partial charge is 0.169 e. The Bertz CT molecular complexity index is 656. The fourth-order valence-corrected chi connectivity index (χ4v) is 2.43. The molecule has 0 radical (unpaired) electrons. The van der Waals surface area contributed by atoms with E-state index in [0.29, 0.717) is 11.6 Å². The normalized spacial score (nSPS) is 11.1. The summed E-state index contributed by atoms with van der Waals surface area (Å²) < 4.78 is 6.28. The molecular weight excluding hydrogens is 222 g/mol. The third kappa shape index (κ3) is 1.45. The highest BCUT2D eigenvalue weighted by Crippen LogP contribution is 2.28. The standard InChI is InChI=1S/C11H9N3OS/c1-6-13-8-4-7(2-3-10(8)16-6)9-5-11(12)14-15-9/h2-5H,1H3,(H2,12,14). The molecule has 0 saturated carbocycles. The second-order valence-corrected chi connectivity index (χ2v) is 4.77. The van der Waals surface area contributed by atoms with Gasteiger partial charge in [-0.05, 0) is 25.1 Å². The maximum atomic E-state index is 5.51. The molecule has 0 saturated heterocycles. The highest BCUT2D eigenvalue weighted by molar-refractivity contribution is 7.18. The molecule has 0 amide bonds. The van der Waals surface area contributed by atoms with E-state index in [0.717, 1.165) is 16.1 Å². The largest absolute Gasteiger partial charge is 0.381 e. The van der Waals surface area contributed by atoms with Crippen molar-refractivity contribution in [1.29, 1.82) is 0 Å². The van der Waals surface area contributed by atoms with Crippen LogP contribution in [0.1, 0.15) is 5.01 Å². The number of fused-ring (bicyclic) bond motifs is 1. The van der Waals surface area contributed by atoms with Crippen molar-refractivity contribution >= 4 is 27.4 Å². The summed E-state index contributed by atoms with van der Waals surface area (Å²) in [5.41, 5.74) is 7.44. The van der Waals surface area contributed by atoms with Crippen LogP contribution in [-0.4, -0.2) is 10.1 Å². The van der Waals surface area contributed by atoms with Gasteiger partial charge in [-0.15, -0.1) is 11.3 Å². The van der Waals surface area contributed by atoms with E-state index in [1.165, 1.54) is 4.70 Å². The van der Waals surface area contributed by atoms with E-state index in [2.05, 4.69) is 10.1 Å². The lowest BCUT2D eigenvalue weighted by molar-refractivity contribution is 0.436. The number of nitrogen functional groups attached to an aromatic ring is 1. The first kappa shape index (κ1) is 9.35. The van der Waals surface area contributed by atoms with Gasteiger partial charge < -0.3 is 10.3 Å². The van der Waals surface area contributed by atoms with Crippen LogP contribution in [0.5, 0.6) is 0 Å². The van der Waals surface area contributed by atoms with E-state index in [1.54, 1.807) is 17.4 Å². The summed E-state index contributed by atoms with van der Waals surface area (Å²) in [5, 5.41) is 4.72. The fourth-order valence-electron chi connectivity index (χ4n) is 1.62. The van der Waals surface area contributed by atoms with Crippen molar-refractivity contribution in [3.8, 4) is 11.3 Å². The van der Waals surface area contributed by atoms with Crippen molar-refractivity contribution < 1.29 is 4.52 Å². The van der Waals surface area contributed by atoms with Gasteiger partial charge in [-0.25, -0.2) is 4.98 Å². The van der Waals surface area contributed by atoms with Gasteiger partial charge >= 0.3 is 0 Å². The van der Waals surface area contributed by atoms with Gasteiger partial charge in [0.15, 0.2) is 11.6 Å². The van der Waals surface area contributed by atoms with Crippen molar-refractivity contribution in [3.63, 3.8) is 0 Å². The molecule has 0 aliphatic heterocycles. The van der Waals surface area contributed by atoms with Crippen LogP contribution < -0.4 is 5.73 Å². The predicted octanol–water partition coefficient (Wildman–Crippen LogP) is 2.84. The van der Waals surface area contributed by atoms with Crippen molar-refractivity contribution in [2.24, 2.45) is 0 Å². The van der Waals surface area contributed by atoms with E-state index in [-0.39, 0.29) is 0 Å². The zero-order valence-corrected chi connectivity index (χ0v) is 9.41. The van der Waals surface area contributed by atoms with E-state index in [9.17, 15) is 0 Å². The van der Waals surface area contributed by atoms with E-state index in [4.69, 9.17) is 10.3 Å². The lowest BCUT2D eigenvalue weighted by atomic mass is 10.1. The molecule has 3 aromatic rings. The quantitative estimate of drug-likeness (QED) is 0.699. The Morgan fingerprint density at radius 3 is 2.94 bits per heavy atom. The molecule has 0 spiro atoms. The first-order valence-corrected chi connectivity index (χ1v) is 5.64. The van der Waals surface area contributed by atoms with Crippen LogP contribution in [0.25, 0.3) is 21.5 Å². The first-order valence-electron chi connectivity index (χ1n) is 4.82. The Morgan fingerprint density at radius 1 is 1.31 bits per heavy atom. The minimum absolute atomic E-state index is 0.393. The fraction of sp³-hybridized carbons (Fsp3) is 0.0909. The number of nitrogens with zero attached hydrogens (tertiary/aromatic N) is 2. The number of nitrogens with two attached hydrogens (primary N) is 1. The van der Waals surface area contributed by atoms with Crippen molar-refractivity contribution in [2.75, 3.05) is 5.73 Å². The summed E-state index contributed by atoms with van der Waals surface area (Å²) in [4.78, 5) is 4.43.